The second-order valence-corrected chi connectivity index (χ2v) is 8.17. The summed E-state index contributed by atoms with van der Waals surface area (Å²) in [6.45, 7) is 0.449. The highest BCUT2D eigenvalue weighted by Gasteiger charge is 2.58. The molecule has 5 atom stereocenters. The number of ether oxygens (including phenoxy) is 1. The van der Waals surface area contributed by atoms with Crippen LogP contribution in [-0.4, -0.2) is 65.3 Å². The van der Waals surface area contributed by atoms with Crippen molar-refractivity contribution in [2.45, 2.75) is 24.5 Å². The second-order valence-electron chi connectivity index (χ2n) is 6.58. The van der Waals surface area contributed by atoms with Crippen LogP contribution in [0.1, 0.15) is 0 Å². The van der Waals surface area contributed by atoms with Crippen molar-refractivity contribution >= 4 is 26.9 Å². The lowest BCUT2D eigenvalue weighted by molar-refractivity contribution is -0.0440. The number of hydrogen-bond acceptors (Lipinski definition) is 9. The van der Waals surface area contributed by atoms with Gasteiger partial charge < -0.3 is 20.1 Å². The van der Waals surface area contributed by atoms with Gasteiger partial charge in [0.05, 0.1) is 12.4 Å². The third-order valence-corrected chi connectivity index (χ3v) is 5.95. The molecule has 2 saturated heterocycles. The van der Waals surface area contributed by atoms with E-state index in [1.54, 1.807) is 0 Å². The molecule has 3 unspecified atom stereocenters. The van der Waals surface area contributed by atoms with Crippen LogP contribution >= 0.6 is 7.82 Å². The lowest BCUT2D eigenvalue weighted by Gasteiger charge is -2.28. The number of nitrogens with zero attached hydrogens (tertiary/aromatic N) is 3. The van der Waals surface area contributed by atoms with Crippen molar-refractivity contribution in [3.8, 4) is 11.3 Å². The first-order valence-electron chi connectivity index (χ1n) is 8.51. The maximum Gasteiger partial charge on any atom is 0.488 e. The van der Waals surface area contributed by atoms with Crippen LogP contribution in [0, 0.1) is 0 Å². The summed E-state index contributed by atoms with van der Waals surface area (Å²) in [6.07, 6.45) is -1.52. The van der Waals surface area contributed by atoms with Crippen molar-refractivity contribution in [1.82, 2.24) is 9.97 Å². The third-order valence-electron chi connectivity index (χ3n) is 4.89. The van der Waals surface area contributed by atoms with Gasteiger partial charge in [0.1, 0.15) is 30.8 Å². The van der Waals surface area contributed by atoms with Gasteiger partial charge in [-0.1, -0.05) is 30.3 Å². The van der Waals surface area contributed by atoms with Gasteiger partial charge >= 0.3 is 15.4 Å². The van der Waals surface area contributed by atoms with E-state index in [9.17, 15) is 10.00 Å². The van der Waals surface area contributed by atoms with E-state index in [2.05, 4.69) is 15.3 Å². The number of anilines is 2. The van der Waals surface area contributed by atoms with Gasteiger partial charge in [0, 0.05) is 5.56 Å². The van der Waals surface area contributed by atoms with Gasteiger partial charge in [-0.3, -0.25) is 0 Å². The van der Waals surface area contributed by atoms with Crippen molar-refractivity contribution < 1.29 is 23.8 Å². The van der Waals surface area contributed by atoms with Gasteiger partial charge in [-0.25, -0.2) is 14.9 Å². The van der Waals surface area contributed by atoms with E-state index >= 15 is 0 Å². The van der Waals surface area contributed by atoms with Crippen LogP contribution in [0.25, 0.3) is 11.3 Å². The molecular weight excluding hydrogens is 370 g/mol. The fourth-order valence-electron chi connectivity index (χ4n) is 3.65. The minimum absolute atomic E-state index is 0.0617. The van der Waals surface area contributed by atoms with Crippen LogP contribution in [0.3, 0.4) is 0 Å². The Morgan fingerprint density at radius 1 is 1.26 bits per heavy atom. The largest absolute Gasteiger partial charge is 0.488 e. The lowest BCUT2D eigenvalue weighted by Crippen LogP contribution is -2.45. The number of benzene rings is 1. The summed E-state index contributed by atoms with van der Waals surface area (Å²) in [5, 5.41) is 14.0. The average molecular weight is 387 g/mol. The number of aliphatic hydroxyl groups excluding tert-OH is 1. The average Bonchev–Trinajstić information content (AvgIpc) is 3.23. The molecule has 2 radical (unpaired) electrons. The van der Waals surface area contributed by atoms with E-state index in [-0.39, 0.29) is 6.61 Å². The lowest BCUT2D eigenvalue weighted by atomic mass is 10.1. The first kappa shape index (κ1) is 17.3. The summed E-state index contributed by atoms with van der Waals surface area (Å²) >= 11 is 0. The van der Waals surface area contributed by atoms with Crippen LogP contribution in [-0.2, 0) is 13.8 Å². The summed E-state index contributed by atoms with van der Waals surface area (Å²) in [7, 11) is 2.15. The Kier molecular flexibility index (Phi) is 4.08. The molecule has 1 aromatic carbocycles. The predicted molar refractivity (Wildman–Crippen MR) is 98.8 cm³/mol. The first-order chi connectivity index (χ1) is 13.0. The molecule has 0 aliphatic carbocycles. The first-order valence-corrected chi connectivity index (χ1v) is 10.2. The summed E-state index contributed by atoms with van der Waals surface area (Å²) in [5.41, 5.74) is 2.51. The molecule has 2 fully saturated rings. The molecule has 0 amide bonds. The van der Waals surface area contributed by atoms with Gasteiger partial charge in [-0.15, -0.1) is 0 Å². The summed E-state index contributed by atoms with van der Waals surface area (Å²) in [4.78, 5) is 20.4. The highest BCUT2D eigenvalue weighted by Crippen LogP contribution is 2.58. The van der Waals surface area contributed by atoms with Gasteiger partial charge in [0.2, 0.25) is 0 Å². The predicted octanol–water partition coefficient (Wildman–Crippen LogP) is 0.673. The molecular formula is C16H17BN4O5P+. The Morgan fingerprint density at radius 3 is 2.89 bits per heavy atom. The van der Waals surface area contributed by atoms with Crippen molar-refractivity contribution in [2.75, 3.05) is 23.5 Å². The number of nitrogens with one attached hydrogen (secondary N) is 1. The van der Waals surface area contributed by atoms with Crippen LogP contribution in [0.2, 0.25) is 0 Å². The molecule has 11 heteroatoms. The molecule has 0 spiro atoms. The van der Waals surface area contributed by atoms with Crippen molar-refractivity contribution in [3.05, 3.63) is 36.7 Å². The standard InChI is InChI=1S/C16H17BN4O5P/c17-27(23)24-6-10-14(26-27)13(22)16(25-10)21-8-20-12-11(18-7-19-15(12)21)9-4-2-1-3-5-9/h1-5,7,10,13-14,16,20,22-23H,6,8H2/q+1/t10-,13?,14-,16?,27?/m1/s1. The van der Waals surface area contributed by atoms with E-state index in [0.29, 0.717) is 12.5 Å². The normalized spacial score (nSPS) is 34.8. The highest BCUT2D eigenvalue weighted by atomic mass is 31.2. The van der Waals surface area contributed by atoms with Crippen LogP contribution in [0.15, 0.2) is 36.7 Å². The number of rotatable bonds is 2. The minimum atomic E-state index is -3.42. The number of hydrogen-bond donors (Lipinski definition) is 3. The molecule has 0 saturated carbocycles. The molecule has 3 N–H and O–H groups in total. The minimum Gasteiger partial charge on any atom is -0.385 e. The van der Waals surface area contributed by atoms with Crippen LogP contribution in [0.4, 0.5) is 11.5 Å². The molecule has 27 heavy (non-hydrogen) atoms. The molecule has 5 rings (SSSR count). The van der Waals surface area contributed by atoms with Gasteiger partial charge in [0.15, 0.2) is 18.1 Å². The molecule has 3 aliphatic rings. The second kappa shape index (κ2) is 6.37. The molecule has 1 aromatic heterocycles. The Hall–Kier alpha value is -1.81. The van der Waals surface area contributed by atoms with E-state index in [0.717, 1.165) is 16.9 Å². The zero-order chi connectivity index (χ0) is 18.6. The Balaban J connectivity index is 1.45. The molecule has 9 nitrogen and oxygen atoms in total. The van der Waals surface area contributed by atoms with Crippen LogP contribution in [0.5, 0.6) is 0 Å². The fraction of sp³-hybridized carbons (Fsp3) is 0.375. The van der Waals surface area contributed by atoms with E-state index in [1.807, 2.05) is 35.2 Å². The Morgan fingerprint density at radius 2 is 2.07 bits per heavy atom. The third kappa shape index (κ3) is 2.89. The van der Waals surface area contributed by atoms with Gasteiger partial charge in [-0.05, 0) is 0 Å². The molecule has 0 bridgehead atoms. The number of aliphatic hydroxyl groups is 1. The van der Waals surface area contributed by atoms with Crippen molar-refractivity contribution in [2.24, 2.45) is 0 Å². The summed E-state index contributed by atoms with van der Waals surface area (Å²) in [6, 6.07) is 9.77. The zero-order valence-electron chi connectivity index (χ0n) is 14.2. The van der Waals surface area contributed by atoms with E-state index in [1.165, 1.54) is 6.33 Å². The number of aromatic nitrogens is 2. The van der Waals surface area contributed by atoms with Crippen LogP contribution < -0.4 is 10.2 Å². The van der Waals surface area contributed by atoms with Crippen molar-refractivity contribution in [1.29, 1.82) is 0 Å². The monoisotopic (exact) mass is 387 g/mol. The zero-order valence-corrected chi connectivity index (χ0v) is 15.1. The maximum absolute atomic E-state index is 10.7. The van der Waals surface area contributed by atoms with E-state index in [4.69, 9.17) is 21.4 Å². The Bertz CT molecular complexity index is 860. The van der Waals surface area contributed by atoms with Gasteiger partial charge in [0.25, 0.3) is 0 Å². The molecule has 4 heterocycles. The van der Waals surface area contributed by atoms with Gasteiger partial charge in [-0.2, -0.15) is 9.05 Å². The Labute approximate surface area is 157 Å². The maximum atomic E-state index is 10.7. The molecule has 2 aromatic rings. The summed E-state index contributed by atoms with van der Waals surface area (Å²) in [5.74, 6) is 0.630. The topological polar surface area (TPSA) is 109 Å². The highest BCUT2D eigenvalue weighted by molar-refractivity contribution is 7.85. The quantitative estimate of drug-likeness (QED) is 0.506. The SMILES string of the molecule is [B][P+]1(O)OC[C@H]2OC(N3CNc4c(-c5ccccc5)ncnc43)C(O)[C@@H]2O1. The van der Waals surface area contributed by atoms with E-state index < -0.39 is 32.4 Å². The number of fused-ring (bicyclic) bond motifs is 2. The smallest absolute Gasteiger partial charge is 0.385 e. The summed E-state index contributed by atoms with van der Waals surface area (Å²) < 4.78 is 16.4. The fourth-order valence-corrected chi connectivity index (χ4v) is 4.68. The molecule has 138 valence electrons. The molecule has 3 aliphatic heterocycles. The van der Waals surface area contributed by atoms with Crippen molar-refractivity contribution in [3.63, 3.8) is 0 Å².